The van der Waals surface area contributed by atoms with Crippen LogP contribution in [0.3, 0.4) is 0 Å². The Kier molecular flexibility index (Phi) is 9.05. The largest absolute Gasteiger partial charge is 0.326 e. The first kappa shape index (κ1) is 28.4. The van der Waals surface area contributed by atoms with E-state index in [9.17, 15) is 18.0 Å². The molecule has 0 atom stereocenters. The number of amides is 2. The van der Waals surface area contributed by atoms with Crippen molar-refractivity contribution in [2.75, 3.05) is 41.7 Å². The van der Waals surface area contributed by atoms with Crippen molar-refractivity contribution < 1.29 is 22.6 Å². The number of rotatable bonds is 9. The topological polar surface area (TPSA) is 101 Å². The van der Waals surface area contributed by atoms with Crippen molar-refractivity contribution in [3.63, 3.8) is 0 Å². The molecule has 2 amide bonds. The molecule has 3 rings (SSSR count). The van der Waals surface area contributed by atoms with Gasteiger partial charge in [-0.1, -0.05) is 23.2 Å². The molecular formula is C23H28Cl2N4O5S2. The van der Waals surface area contributed by atoms with E-state index >= 15 is 0 Å². The van der Waals surface area contributed by atoms with Gasteiger partial charge in [0, 0.05) is 26.2 Å². The minimum absolute atomic E-state index is 0.00537. The Morgan fingerprint density at radius 2 is 1.36 bits per heavy atom. The van der Waals surface area contributed by atoms with Gasteiger partial charge >= 0.3 is 0 Å². The number of fused-ring (bicyclic) bond motifs is 1. The minimum atomic E-state index is -4.07. The average molecular weight is 576 g/mol. The molecule has 2 aliphatic rings. The minimum Gasteiger partial charge on any atom is -0.326 e. The highest BCUT2D eigenvalue weighted by Crippen LogP contribution is 2.45. The Balaban J connectivity index is 2.04. The predicted octanol–water partition coefficient (Wildman–Crippen LogP) is 4.07. The van der Waals surface area contributed by atoms with Crippen LogP contribution in [0.4, 0.5) is 11.4 Å². The molecule has 36 heavy (non-hydrogen) atoms. The van der Waals surface area contributed by atoms with Crippen LogP contribution in [0.25, 0.3) is 0 Å². The van der Waals surface area contributed by atoms with E-state index in [0.717, 1.165) is 11.4 Å². The molecule has 196 valence electrons. The van der Waals surface area contributed by atoms with Gasteiger partial charge in [-0.15, -0.1) is 0 Å². The summed E-state index contributed by atoms with van der Waals surface area (Å²) in [6.07, 6.45) is 3.88. The molecule has 0 saturated carbocycles. The molecule has 0 unspecified atom stereocenters. The fourth-order valence-corrected chi connectivity index (χ4v) is 5.52. The molecule has 0 radical (unpaired) electrons. The van der Waals surface area contributed by atoms with Gasteiger partial charge in [0.05, 0.1) is 27.2 Å². The quantitative estimate of drug-likeness (QED) is 0.155. The van der Waals surface area contributed by atoms with Crippen molar-refractivity contribution in [2.24, 2.45) is 0 Å². The molecule has 2 heterocycles. The first-order valence-electron chi connectivity index (χ1n) is 11.5. The van der Waals surface area contributed by atoms with Crippen LogP contribution in [-0.4, -0.2) is 71.6 Å². The van der Waals surface area contributed by atoms with E-state index in [1.165, 1.54) is 15.9 Å². The number of anilines is 2. The zero-order valence-corrected chi connectivity index (χ0v) is 23.3. The summed E-state index contributed by atoms with van der Waals surface area (Å²) in [6.45, 7) is 7.14. The van der Waals surface area contributed by atoms with Gasteiger partial charge in [0.15, 0.2) is 5.11 Å². The third kappa shape index (κ3) is 5.70. The number of thiocarbonyl (C=S) groups is 1. The summed E-state index contributed by atoms with van der Waals surface area (Å²) < 4.78 is 31.3. The molecular weight excluding hydrogens is 547 g/mol. The van der Waals surface area contributed by atoms with Crippen LogP contribution in [0, 0.1) is 0 Å². The molecule has 2 aliphatic heterocycles. The molecule has 1 aromatic rings. The van der Waals surface area contributed by atoms with E-state index in [-0.39, 0.29) is 22.9 Å². The van der Waals surface area contributed by atoms with Crippen LogP contribution in [0.2, 0.25) is 10.0 Å². The van der Waals surface area contributed by atoms with Crippen molar-refractivity contribution in [3.8, 4) is 0 Å². The number of hydrogen-bond acceptors (Lipinski definition) is 7. The maximum absolute atomic E-state index is 13.0. The second-order valence-corrected chi connectivity index (χ2v) is 10.9. The predicted molar refractivity (Wildman–Crippen MR) is 146 cm³/mol. The highest BCUT2D eigenvalue weighted by Gasteiger charge is 2.38. The van der Waals surface area contributed by atoms with Crippen LogP contribution in [-0.2, 0) is 19.7 Å². The van der Waals surface area contributed by atoms with Crippen LogP contribution in [0.5, 0.6) is 0 Å². The molecule has 1 saturated heterocycles. The van der Waals surface area contributed by atoms with Crippen molar-refractivity contribution in [1.29, 1.82) is 0 Å². The monoisotopic (exact) mass is 574 g/mol. The molecule has 0 aromatic heterocycles. The van der Waals surface area contributed by atoms with Gasteiger partial charge < -0.3 is 9.80 Å². The summed E-state index contributed by atoms with van der Waals surface area (Å²) in [5.41, 5.74) is 1.55. The van der Waals surface area contributed by atoms with Crippen molar-refractivity contribution in [1.82, 2.24) is 9.80 Å². The second kappa shape index (κ2) is 11.5. The number of halogens is 2. The van der Waals surface area contributed by atoms with Gasteiger partial charge in [-0.05, 0) is 70.1 Å². The zero-order valence-electron chi connectivity index (χ0n) is 20.2. The van der Waals surface area contributed by atoms with E-state index in [1.54, 1.807) is 32.1 Å². The van der Waals surface area contributed by atoms with Crippen LogP contribution in [0.1, 0.15) is 33.6 Å². The maximum atomic E-state index is 13.0. The Labute approximate surface area is 226 Å². The van der Waals surface area contributed by atoms with E-state index < -0.39 is 21.9 Å². The number of hydrogen-bond donors (Lipinski definition) is 1. The molecule has 0 bridgehead atoms. The molecule has 9 nitrogen and oxygen atoms in total. The summed E-state index contributed by atoms with van der Waals surface area (Å²) in [5.74, 6) is -0.597. The Bertz CT molecular complexity index is 1220. The maximum Gasteiger partial charge on any atom is 0.265 e. The number of carbonyl (C=O) groups excluding carboxylic acids is 2. The van der Waals surface area contributed by atoms with Crippen molar-refractivity contribution >= 4 is 73.8 Å². The van der Waals surface area contributed by atoms with Gasteiger partial charge in [0.25, 0.3) is 21.9 Å². The van der Waals surface area contributed by atoms with Gasteiger partial charge in [0.2, 0.25) is 0 Å². The fraction of sp³-hybridized carbons (Fsp3) is 0.435. The SMILES string of the molecule is CCN1C(=O)C(=C/C=C2\N(CC)c3cc(Cl)c(Cl)cc3N2CCCCS(=O)(=O)O)C(=O)N(CC)C1=S. The number of likely N-dealkylation sites (N-methyl/N-ethyl adjacent to an activating group) is 2. The van der Waals surface area contributed by atoms with Gasteiger partial charge in [-0.25, -0.2) is 0 Å². The number of carbonyl (C=O) groups is 2. The summed E-state index contributed by atoms with van der Waals surface area (Å²) >= 11 is 17.9. The summed E-state index contributed by atoms with van der Waals surface area (Å²) in [6, 6.07) is 3.47. The second-order valence-electron chi connectivity index (χ2n) is 8.13. The Morgan fingerprint density at radius 3 is 1.83 bits per heavy atom. The lowest BCUT2D eigenvalue weighted by Gasteiger charge is -2.35. The highest BCUT2D eigenvalue weighted by atomic mass is 35.5. The average Bonchev–Trinajstić information content (AvgIpc) is 3.08. The molecule has 1 N–H and O–H groups in total. The van der Waals surface area contributed by atoms with E-state index in [1.807, 2.05) is 16.7 Å². The first-order chi connectivity index (χ1) is 16.9. The summed E-state index contributed by atoms with van der Waals surface area (Å²) in [4.78, 5) is 32.8. The molecule has 13 heteroatoms. The van der Waals surface area contributed by atoms with Crippen molar-refractivity contribution in [2.45, 2.75) is 33.6 Å². The highest BCUT2D eigenvalue weighted by molar-refractivity contribution is 7.85. The van der Waals surface area contributed by atoms with Gasteiger partial charge in [-0.3, -0.25) is 23.9 Å². The van der Waals surface area contributed by atoms with E-state index in [0.29, 0.717) is 48.5 Å². The molecule has 1 fully saturated rings. The van der Waals surface area contributed by atoms with Crippen LogP contribution in [0.15, 0.2) is 35.7 Å². The number of benzene rings is 1. The third-order valence-corrected chi connectivity index (χ3v) is 7.91. The first-order valence-corrected chi connectivity index (χ1v) is 14.3. The van der Waals surface area contributed by atoms with Gasteiger partial charge in [-0.2, -0.15) is 8.42 Å². The standard InChI is InChI=1S/C23H28Cl2N4O5S2/c1-4-26-18-13-16(24)17(25)14-19(18)29(11-7-8-12-36(32,33)34)20(26)10-9-15-21(30)27(5-2)23(35)28(6-3)22(15)31/h9-10,13-14H,4-8,11-12H2,1-3H3,(H,32,33,34)/b20-10+. The van der Waals surface area contributed by atoms with Crippen molar-refractivity contribution in [3.05, 3.63) is 45.7 Å². The smallest absolute Gasteiger partial charge is 0.265 e. The fourth-order valence-electron chi connectivity index (χ4n) is 4.21. The lowest BCUT2D eigenvalue weighted by molar-refractivity contribution is -0.133. The van der Waals surface area contributed by atoms with Gasteiger partial charge in [0.1, 0.15) is 11.4 Å². The molecule has 1 aromatic carbocycles. The lowest BCUT2D eigenvalue weighted by atomic mass is 10.1. The zero-order chi connectivity index (χ0) is 26.8. The third-order valence-electron chi connectivity index (χ3n) is 5.95. The Hall–Kier alpha value is -2.18. The molecule has 0 aliphatic carbocycles. The number of allylic oxidation sites excluding steroid dienone is 2. The summed E-state index contributed by atoms with van der Waals surface area (Å²) in [5, 5.41) is 0.924. The van der Waals surface area contributed by atoms with E-state index in [4.69, 9.17) is 40.0 Å². The van der Waals surface area contributed by atoms with Crippen LogP contribution >= 0.6 is 35.4 Å². The number of unbranched alkanes of at least 4 members (excludes halogenated alkanes) is 1. The normalized spacial score (nSPS) is 17.6. The molecule has 0 spiro atoms. The van der Waals surface area contributed by atoms with Crippen LogP contribution < -0.4 is 9.80 Å². The Morgan fingerprint density at radius 1 is 0.861 bits per heavy atom. The number of nitrogens with zero attached hydrogens (tertiary/aromatic N) is 4. The lowest BCUT2D eigenvalue weighted by Crippen LogP contribution is -2.55. The summed E-state index contributed by atoms with van der Waals surface area (Å²) in [7, 11) is -4.07. The van der Waals surface area contributed by atoms with E-state index in [2.05, 4.69) is 0 Å².